The van der Waals surface area contributed by atoms with E-state index < -0.39 is 12.0 Å². The quantitative estimate of drug-likeness (QED) is 0.715. The molecule has 0 aliphatic carbocycles. The van der Waals surface area contributed by atoms with Crippen LogP contribution in [0.4, 0.5) is 0 Å². The fourth-order valence-corrected chi connectivity index (χ4v) is 3.65. The van der Waals surface area contributed by atoms with E-state index in [9.17, 15) is 9.90 Å². The van der Waals surface area contributed by atoms with E-state index in [0.29, 0.717) is 22.8 Å². The summed E-state index contributed by atoms with van der Waals surface area (Å²) in [5.41, 5.74) is 5.09. The number of carbonyl (C=O) groups is 1. The minimum absolute atomic E-state index is 0.00566. The minimum Gasteiger partial charge on any atom is -0.481 e. The molecule has 28 heavy (non-hydrogen) atoms. The number of imidazole rings is 1. The van der Waals surface area contributed by atoms with Gasteiger partial charge in [-0.25, -0.2) is 4.98 Å². The van der Waals surface area contributed by atoms with Crippen LogP contribution in [0.1, 0.15) is 47.2 Å². The zero-order valence-electron chi connectivity index (χ0n) is 15.6. The lowest BCUT2D eigenvalue weighted by atomic mass is 10.0. The molecule has 3 heterocycles. The Labute approximate surface area is 167 Å². The molecule has 3 aromatic rings. The SMILES string of the molecule is Cc1cc2c(cc1Cl)C(c1ccccn1)=N[C@@H](CCC(=O)O)c1ncc(C)n1-2. The molecular weight excluding hydrogens is 376 g/mol. The average Bonchev–Trinajstić information content (AvgIpc) is 2.99. The number of benzene rings is 1. The van der Waals surface area contributed by atoms with Crippen molar-refractivity contribution in [1.29, 1.82) is 0 Å². The van der Waals surface area contributed by atoms with Crippen LogP contribution in [-0.4, -0.2) is 31.3 Å². The van der Waals surface area contributed by atoms with Crippen molar-refractivity contribution in [2.24, 2.45) is 4.99 Å². The van der Waals surface area contributed by atoms with Crippen molar-refractivity contribution in [1.82, 2.24) is 14.5 Å². The number of hydrogen-bond donors (Lipinski definition) is 1. The van der Waals surface area contributed by atoms with Gasteiger partial charge in [0.25, 0.3) is 0 Å². The molecule has 0 saturated heterocycles. The Bertz CT molecular complexity index is 1090. The van der Waals surface area contributed by atoms with Gasteiger partial charge in [0.05, 0.1) is 17.1 Å². The third-order valence-electron chi connectivity index (χ3n) is 4.86. The van der Waals surface area contributed by atoms with Crippen molar-refractivity contribution in [3.63, 3.8) is 0 Å². The smallest absolute Gasteiger partial charge is 0.303 e. The van der Waals surface area contributed by atoms with Crippen LogP contribution in [0.5, 0.6) is 0 Å². The van der Waals surface area contributed by atoms with Crippen LogP contribution in [0.15, 0.2) is 47.7 Å². The first-order chi connectivity index (χ1) is 13.5. The van der Waals surface area contributed by atoms with E-state index >= 15 is 0 Å². The number of aryl methyl sites for hydroxylation is 2. The highest BCUT2D eigenvalue weighted by atomic mass is 35.5. The maximum absolute atomic E-state index is 11.2. The molecular formula is C21H19ClN4O2. The van der Waals surface area contributed by atoms with Crippen molar-refractivity contribution in [3.8, 4) is 5.69 Å². The summed E-state index contributed by atoms with van der Waals surface area (Å²) in [7, 11) is 0. The zero-order valence-corrected chi connectivity index (χ0v) is 16.3. The molecule has 2 aromatic heterocycles. The number of carboxylic acid groups (broad SMARTS) is 1. The lowest BCUT2D eigenvalue weighted by molar-refractivity contribution is -0.137. The Kier molecular flexibility index (Phi) is 4.73. The molecule has 0 bridgehead atoms. The van der Waals surface area contributed by atoms with E-state index in [1.807, 2.05) is 48.7 Å². The second kappa shape index (κ2) is 7.20. The maximum atomic E-state index is 11.2. The molecule has 7 heteroatoms. The number of aromatic nitrogens is 3. The van der Waals surface area contributed by atoms with Gasteiger partial charge in [-0.05, 0) is 50.1 Å². The number of carboxylic acids is 1. The molecule has 0 spiro atoms. The first-order valence-electron chi connectivity index (χ1n) is 9.02. The number of pyridine rings is 1. The van der Waals surface area contributed by atoms with Gasteiger partial charge in [-0.15, -0.1) is 0 Å². The first-order valence-corrected chi connectivity index (χ1v) is 9.39. The Morgan fingerprint density at radius 3 is 2.79 bits per heavy atom. The molecule has 1 aromatic carbocycles. The normalized spacial score (nSPS) is 15.4. The fraction of sp³-hybridized carbons (Fsp3) is 0.238. The maximum Gasteiger partial charge on any atom is 0.303 e. The molecule has 0 fully saturated rings. The van der Waals surface area contributed by atoms with Gasteiger partial charge in [-0.3, -0.25) is 19.3 Å². The van der Waals surface area contributed by atoms with Crippen molar-refractivity contribution < 1.29 is 9.90 Å². The van der Waals surface area contributed by atoms with Gasteiger partial charge in [0.15, 0.2) is 0 Å². The van der Waals surface area contributed by atoms with Gasteiger partial charge in [0.2, 0.25) is 0 Å². The van der Waals surface area contributed by atoms with Gasteiger partial charge in [0.1, 0.15) is 11.9 Å². The predicted octanol–water partition coefficient (Wildman–Crippen LogP) is 4.29. The van der Waals surface area contributed by atoms with Crippen LogP contribution in [0, 0.1) is 13.8 Å². The third-order valence-corrected chi connectivity index (χ3v) is 5.27. The first kappa shape index (κ1) is 18.4. The fourth-order valence-electron chi connectivity index (χ4n) is 3.49. The number of hydrogen-bond acceptors (Lipinski definition) is 4. The number of rotatable bonds is 4. The zero-order chi connectivity index (χ0) is 19.8. The number of aliphatic imine (C=N–C) groups is 1. The topological polar surface area (TPSA) is 80.4 Å². The van der Waals surface area contributed by atoms with Crippen molar-refractivity contribution >= 4 is 23.3 Å². The highest BCUT2D eigenvalue weighted by molar-refractivity contribution is 6.32. The summed E-state index contributed by atoms with van der Waals surface area (Å²) in [6.07, 6.45) is 3.86. The average molecular weight is 395 g/mol. The van der Waals surface area contributed by atoms with Crippen LogP contribution in [0.3, 0.4) is 0 Å². The van der Waals surface area contributed by atoms with E-state index in [-0.39, 0.29) is 6.42 Å². The second-order valence-corrected chi connectivity index (χ2v) is 7.26. The molecule has 0 amide bonds. The summed E-state index contributed by atoms with van der Waals surface area (Å²) in [5.74, 6) is -0.127. The van der Waals surface area contributed by atoms with E-state index in [2.05, 4.69) is 9.97 Å². The van der Waals surface area contributed by atoms with Crippen LogP contribution in [0.2, 0.25) is 5.02 Å². The standard InChI is InChI=1S/C21H19ClN4O2/c1-12-9-18-14(10-15(12)22)20(16-5-3-4-8-23-16)25-17(6-7-19(27)28)21-24-11-13(2)26(18)21/h3-5,8-11,17H,6-7H2,1-2H3,(H,27,28)/t17-/m0/s1. The minimum atomic E-state index is -0.856. The number of halogens is 1. The third kappa shape index (κ3) is 3.20. The van der Waals surface area contributed by atoms with E-state index in [0.717, 1.165) is 28.3 Å². The van der Waals surface area contributed by atoms with Crippen LogP contribution in [-0.2, 0) is 4.79 Å². The van der Waals surface area contributed by atoms with Crippen molar-refractivity contribution in [2.45, 2.75) is 32.7 Å². The van der Waals surface area contributed by atoms with Gasteiger partial charge in [-0.1, -0.05) is 17.7 Å². The molecule has 1 N–H and O–H groups in total. The summed E-state index contributed by atoms with van der Waals surface area (Å²) in [5, 5.41) is 9.84. The summed E-state index contributed by atoms with van der Waals surface area (Å²) in [4.78, 5) is 25.2. The van der Waals surface area contributed by atoms with E-state index in [4.69, 9.17) is 16.6 Å². The molecule has 142 valence electrons. The highest BCUT2D eigenvalue weighted by Crippen LogP contribution is 2.35. The molecule has 0 unspecified atom stereocenters. The second-order valence-electron chi connectivity index (χ2n) is 6.85. The number of aliphatic carboxylic acids is 1. The molecule has 4 rings (SSSR count). The van der Waals surface area contributed by atoms with Gasteiger partial charge in [0, 0.05) is 35.1 Å². The Balaban J connectivity index is 2.00. The molecule has 1 aliphatic rings. The van der Waals surface area contributed by atoms with Gasteiger partial charge in [-0.2, -0.15) is 0 Å². The van der Waals surface area contributed by atoms with E-state index in [1.54, 1.807) is 12.4 Å². The van der Waals surface area contributed by atoms with Crippen LogP contribution < -0.4 is 0 Å². The van der Waals surface area contributed by atoms with Crippen molar-refractivity contribution in [3.05, 3.63) is 76.1 Å². The highest BCUT2D eigenvalue weighted by Gasteiger charge is 2.28. The summed E-state index contributed by atoms with van der Waals surface area (Å²) < 4.78 is 2.05. The molecule has 1 aliphatic heterocycles. The van der Waals surface area contributed by atoms with Gasteiger partial charge >= 0.3 is 5.97 Å². The Morgan fingerprint density at radius 1 is 1.25 bits per heavy atom. The van der Waals surface area contributed by atoms with Crippen molar-refractivity contribution in [2.75, 3.05) is 0 Å². The number of nitrogens with zero attached hydrogens (tertiary/aromatic N) is 4. The molecule has 0 saturated carbocycles. The summed E-state index contributed by atoms with van der Waals surface area (Å²) >= 11 is 6.45. The lowest BCUT2D eigenvalue weighted by Gasteiger charge is -2.15. The summed E-state index contributed by atoms with van der Waals surface area (Å²) in [6, 6.07) is 9.18. The van der Waals surface area contributed by atoms with E-state index in [1.165, 1.54) is 0 Å². The monoisotopic (exact) mass is 394 g/mol. The largest absolute Gasteiger partial charge is 0.481 e. The van der Waals surface area contributed by atoms with Gasteiger partial charge < -0.3 is 5.11 Å². The van der Waals surface area contributed by atoms with Crippen LogP contribution in [0.25, 0.3) is 5.69 Å². The Hall–Kier alpha value is -2.99. The molecule has 1 atom stereocenters. The predicted molar refractivity (Wildman–Crippen MR) is 108 cm³/mol. The van der Waals surface area contributed by atoms with Crippen LogP contribution >= 0.6 is 11.6 Å². The molecule has 6 nitrogen and oxygen atoms in total. The Morgan fingerprint density at radius 2 is 2.07 bits per heavy atom. The summed E-state index contributed by atoms with van der Waals surface area (Å²) in [6.45, 7) is 3.93. The molecule has 0 radical (unpaired) electrons. The lowest BCUT2D eigenvalue weighted by Crippen LogP contribution is -2.10. The number of fused-ring (bicyclic) bond motifs is 3.